The molecule has 84 valence electrons. The van der Waals surface area contributed by atoms with Crippen molar-refractivity contribution >= 4 is 5.97 Å². The van der Waals surface area contributed by atoms with E-state index in [1.807, 2.05) is 13.8 Å². The summed E-state index contributed by atoms with van der Waals surface area (Å²) in [6, 6.07) is 0. The van der Waals surface area contributed by atoms with Crippen LogP contribution in [0.4, 0.5) is 0 Å². The summed E-state index contributed by atoms with van der Waals surface area (Å²) in [5.74, 6) is -0.903. The lowest BCUT2D eigenvalue weighted by Gasteiger charge is -2.28. The van der Waals surface area contributed by atoms with Gasteiger partial charge in [-0.2, -0.15) is 0 Å². The monoisotopic (exact) mass is 204 g/mol. The minimum atomic E-state index is -1.05. The molecule has 0 saturated heterocycles. The highest BCUT2D eigenvalue weighted by atomic mass is 16.5. The molecule has 0 aliphatic heterocycles. The van der Waals surface area contributed by atoms with Gasteiger partial charge in [0.1, 0.15) is 0 Å². The van der Waals surface area contributed by atoms with Gasteiger partial charge in [-0.05, 0) is 19.3 Å². The normalized spacial score (nSPS) is 15.1. The Kier molecular flexibility index (Phi) is 6.49. The molecule has 0 fully saturated rings. The predicted octanol–water partition coefficient (Wildman–Crippen LogP) is 1.42. The molecule has 0 aliphatic rings. The van der Waals surface area contributed by atoms with Crippen LogP contribution in [0.3, 0.4) is 0 Å². The average molecular weight is 204 g/mol. The Bertz CT molecular complexity index is 170. The van der Waals surface area contributed by atoms with E-state index in [1.165, 1.54) is 0 Å². The SMILES string of the molecule is CCCC(CC)(OCCCO)C(=O)O. The topological polar surface area (TPSA) is 66.8 Å². The Labute approximate surface area is 84.9 Å². The number of aliphatic hydroxyl groups is 1. The van der Waals surface area contributed by atoms with Gasteiger partial charge in [0.2, 0.25) is 0 Å². The summed E-state index contributed by atoms with van der Waals surface area (Å²) >= 11 is 0. The number of aliphatic carboxylic acids is 1. The van der Waals surface area contributed by atoms with Crippen LogP contribution < -0.4 is 0 Å². The second kappa shape index (κ2) is 6.79. The van der Waals surface area contributed by atoms with Crippen LogP contribution in [0.5, 0.6) is 0 Å². The largest absolute Gasteiger partial charge is 0.479 e. The van der Waals surface area contributed by atoms with Crippen molar-refractivity contribution in [1.29, 1.82) is 0 Å². The standard InChI is InChI=1S/C10H20O4/c1-3-6-10(4-2,9(12)13)14-8-5-7-11/h11H,3-8H2,1-2H3,(H,12,13). The van der Waals surface area contributed by atoms with Crippen LogP contribution in [0.15, 0.2) is 0 Å². The second-order valence-electron chi connectivity index (χ2n) is 3.33. The lowest BCUT2D eigenvalue weighted by molar-refractivity contribution is -0.168. The third kappa shape index (κ3) is 3.64. The highest BCUT2D eigenvalue weighted by Crippen LogP contribution is 2.23. The fourth-order valence-electron chi connectivity index (χ4n) is 1.41. The van der Waals surface area contributed by atoms with E-state index in [-0.39, 0.29) is 6.61 Å². The van der Waals surface area contributed by atoms with E-state index in [4.69, 9.17) is 14.9 Å². The van der Waals surface area contributed by atoms with Crippen molar-refractivity contribution in [2.24, 2.45) is 0 Å². The maximum absolute atomic E-state index is 11.0. The van der Waals surface area contributed by atoms with Crippen LogP contribution in [0, 0.1) is 0 Å². The van der Waals surface area contributed by atoms with Gasteiger partial charge in [-0.3, -0.25) is 0 Å². The van der Waals surface area contributed by atoms with Crippen LogP contribution in [0.25, 0.3) is 0 Å². The number of carboxylic acids is 1. The zero-order chi connectivity index (χ0) is 11.0. The van der Waals surface area contributed by atoms with E-state index in [0.29, 0.717) is 25.9 Å². The molecule has 1 unspecified atom stereocenters. The van der Waals surface area contributed by atoms with Gasteiger partial charge < -0.3 is 14.9 Å². The average Bonchev–Trinajstić information content (AvgIpc) is 2.16. The van der Waals surface area contributed by atoms with Gasteiger partial charge in [-0.1, -0.05) is 20.3 Å². The summed E-state index contributed by atoms with van der Waals surface area (Å²) in [6.45, 7) is 4.08. The molecular weight excluding hydrogens is 184 g/mol. The zero-order valence-corrected chi connectivity index (χ0v) is 8.95. The van der Waals surface area contributed by atoms with Gasteiger partial charge in [-0.25, -0.2) is 4.79 Å². The molecule has 0 aromatic carbocycles. The van der Waals surface area contributed by atoms with E-state index < -0.39 is 11.6 Å². The minimum Gasteiger partial charge on any atom is -0.479 e. The molecule has 0 radical (unpaired) electrons. The van der Waals surface area contributed by atoms with E-state index in [0.717, 1.165) is 6.42 Å². The quantitative estimate of drug-likeness (QED) is 0.587. The molecular formula is C10H20O4. The molecule has 4 nitrogen and oxygen atoms in total. The summed E-state index contributed by atoms with van der Waals surface area (Å²) in [4.78, 5) is 11.0. The van der Waals surface area contributed by atoms with E-state index in [9.17, 15) is 4.79 Å². The Morgan fingerprint density at radius 3 is 2.43 bits per heavy atom. The van der Waals surface area contributed by atoms with Crippen LogP contribution in [-0.2, 0) is 9.53 Å². The van der Waals surface area contributed by atoms with E-state index in [2.05, 4.69) is 0 Å². The van der Waals surface area contributed by atoms with Crippen LogP contribution in [0.1, 0.15) is 39.5 Å². The number of carbonyl (C=O) groups is 1. The highest BCUT2D eigenvalue weighted by Gasteiger charge is 2.36. The lowest BCUT2D eigenvalue weighted by atomic mass is 9.95. The Balaban J connectivity index is 4.26. The predicted molar refractivity (Wildman–Crippen MR) is 53.2 cm³/mol. The molecule has 0 bridgehead atoms. The molecule has 14 heavy (non-hydrogen) atoms. The molecule has 4 heteroatoms. The first-order valence-electron chi connectivity index (χ1n) is 5.11. The van der Waals surface area contributed by atoms with Crippen molar-refractivity contribution in [1.82, 2.24) is 0 Å². The molecule has 0 rings (SSSR count). The number of carboxylic acid groups (broad SMARTS) is 1. The van der Waals surface area contributed by atoms with Gasteiger partial charge in [0.25, 0.3) is 0 Å². The first-order chi connectivity index (χ1) is 6.63. The van der Waals surface area contributed by atoms with Crippen molar-refractivity contribution in [3.05, 3.63) is 0 Å². The minimum absolute atomic E-state index is 0.0333. The van der Waals surface area contributed by atoms with Gasteiger partial charge in [0.05, 0.1) is 6.61 Å². The number of hydrogen-bond acceptors (Lipinski definition) is 3. The number of ether oxygens (including phenoxy) is 1. The molecule has 0 heterocycles. The van der Waals surface area contributed by atoms with Crippen LogP contribution in [-0.4, -0.2) is 35.0 Å². The number of aliphatic hydroxyl groups excluding tert-OH is 1. The first-order valence-corrected chi connectivity index (χ1v) is 5.11. The summed E-state index contributed by atoms with van der Waals surface area (Å²) in [7, 11) is 0. The van der Waals surface area contributed by atoms with Crippen molar-refractivity contribution in [2.75, 3.05) is 13.2 Å². The van der Waals surface area contributed by atoms with Crippen molar-refractivity contribution in [3.8, 4) is 0 Å². The third-order valence-electron chi connectivity index (χ3n) is 2.30. The van der Waals surface area contributed by atoms with Crippen LogP contribution in [0.2, 0.25) is 0 Å². The Hall–Kier alpha value is -0.610. The van der Waals surface area contributed by atoms with Gasteiger partial charge in [0.15, 0.2) is 5.60 Å². The molecule has 0 aromatic rings. The molecule has 0 aliphatic carbocycles. The molecule has 0 aromatic heterocycles. The lowest BCUT2D eigenvalue weighted by Crippen LogP contribution is -2.41. The highest BCUT2D eigenvalue weighted by molar-refractivity contribution is 5.77. The van der Waals surface area contributed by atoms with Crippen molar-refractivity contribution in [3.63, 3.8) is 0 Å². The third-order valence-corrected chi connectivity index (χ3v) is 2.30. The fourth-order valence-corrected chi connectivity index (χ4v) is 1.41. The first kappa shape index (κ1) is 13.4. The fraction of sp³-hybridized carbons (Fsp3) is 0.900. The Morgan fingerprint density at radius 2 is 2.07 bits per heavy atom. The summed E-state index contributed by atoms with van der Waals surface area (Å²) < 4.78 is 5.36. The molecule has 2 N–H and O–H groups in total. The van der Waals surface area contributed by atoms with E-state index in [1.54, 1.807) is 0 Å². The van der Waals surface area contributed by atoms with Gasteiger partial charge in [-0.15, -0.1) is 0 Å². The smallest absolute Gasteiger partial charge is 0.335 e. The zero-order valence-electron chi connectivity index (χ0n) is 8.95. The van der Waals surface area contributed by atoms with Gasteiger partial charge >= 0.3 is 5.97 Å². The summed E-state index contributed by atoms with van der Waals surface area (Å²) in [5.41, 5.74) is -1.05. The number of hydrogen-bond donors (Lipinski definition) is 2. The van der Waals surface area contributed by atoms with Crippen molar-refractivity contribution in [2.45, 2.75) is 45.1 Å². The molecule has 0 amide bonds. The maximum Gasteiger partial charge on any atom is 0.335 e. The number of rotatable bonds is 8. The summed E-state index contributed by atoms with van der Waals surface area (Å²) in [6.07, 6.45) is 2.24. The van der Waals surface area contributed by atoms with Crippen LogP contribution >= 0.6 is 0 Å². The molecule has 0 spiro atoms. The molecule has 0 saturated carbocycles. The van der Waals surface area contributed by atoms with Gasteiger partial charge in [0, 0.05) is 6.61 Å². The van der Waals surface area contributed by atoms with E-state index >= 15 is 0 Å². The Morgan fingerprint density at radius 1 is 1.43 bits per heavy atom. The summed E-state index contributed by atoms with van der Waals surface area (Å²) in [5, 5.41) is 17.6. The maximum atomic E-state index is 11.0. The van der Waals surface area contributed by atoms with Crippen molar-refractivity contribution < 1.29 is 19.7 Å². The second-order valence-corrected chi connectivity index (χ2v) is 3.33. The molecule has 1 atom stereocenters.